The lowest BCUT2D eigenvalue weighted by Crippen LogP contribution is -2.24. The summed E-state index contributed by atoms with van der Waals surface area (Å²) in [5.74, 6) is 0.604. The monoisotopic (exact) mass is 325 g/mol. The maximum atomic E-state index is 12.7. The van der Waals surface area contributed by atoms with Gasteiger partial charge >= 0.3 is 0 Å². The summed E-state index contributed by atoms with van der Waals surface area (Å²) < 4.78 is 7.77. The summed E-state index contributed by atoms with van der Waals surface area (Å²) in [6, 6.07) is 8.12. The molecule has 3 heterocycles. The van der Waals surface area contributed by atoms with E-state index in [1.807, 2.05) is 23.0 Å². The fraction of sp³-hybridized carbons (Fsp3) is 0.235. The van der Waals surface area contributed by atoms with Crippen molar-refractivity contribution in [3.8, 4) is 11.6 Å². The van der Waals surface area contributed by atoms with E-state index >= 15 is 0 Å². The molecule has 4 rings (SSSR count). The normalized spacial score (nSPS) is 13.6. The largest absolute Gasteiger partial charge is 0.478 e. The number of aromatic nitrogens is 3. The van der Waals surface area contributed by atoms with Crippen LogP contribution < -0.4 is 10.2 Å². The van der Waals surface area contributed by atoms with E-state index in [1.165, 1.54) is 0 Å². The van der Waals surface area contributed by atoms with Gasteiger partial charge in [-0.15, -0.1) is 11.8 Å². The Labute approximate surface area is 137 Å². The molecule has 3 aromatic rings. The third-order valence-corrected chi connectivity index (χ3v) is 4.69. The highest BCUT2D eigenvalue weighted by atomic mass is 32.2. The Morgan fingerprint density at radius 3 is 3.00 bits per heavy atom. The van der Waals surface area contributed by atoms with Gasteiger partial charge in [0.1, 0.15) is 0 Å². The average Bonchev–Trinajstić information content (AvgIpc) is 2.62. The van der Waals surface area contributed by atoms with Crippen molar-refractivity contribution in [3.05, 3.63) is 52.4 Å². The second-order valence-electron chi connectivity index (χ2n) is 5.33. The summed E-state index contributed by atoms with van der Waals surface area (Å²) in [6.07, 6.45) is 6.75. The van der Waals surface area contributed by atoms with Gasteiger partial charge < -0.3 is 4.74 Å². The molecule has 1 aliphatic rings. The molecule has 0 unspecified atom stereocenters. The minimum absolute atomic E-state index is 0.0694. The fourth-order valence-corrected chi connectivity index (χ4v) is 3.36. The molecule has 2 aromatic heterocycles. The molecule has 0 spiro atoms. The van der Waals surface area contributed by atoms with Crippen molar-refractivity contribution >= 4 is 22.9 Å². The van der Waals surface area contributed by atoms with E-state index in [4.69, 9.17) is 4.74 Å². The van der Waals surface area contributed by atoms with Crippen LogP contribution in [0.2, 0.25) is 0 Å². The molecule has 0 bridgehead atoms. The lowest BCUT2D eigenvalue weighted by Gasteiger charge is -2.23. The molecule has 5 nitrogen and oxygen atoms in total. The molecule has 23 heavy (non-hydrogen) atoms. The molecular formula is C17H15N3O2S. The van der Waals surface area contributed by atoms with E-state index in [2.05, 4.69) is 22.1 Å². The summed E-state index contributed by atoms with van der Waals surface area (Å²) in [5.41, 5.74) is 2.49. The first kappa shape index (κ1) is 14.3. The highest BCUT2D eigenvalue weighted by Gasteiger charge is 2.23. The number of hydrogen-bond donors (Lipinski definition) is 0. The van der Waals surface area contributed by atoms with Gasteiger partial charge in [0.15, 0.2) is 11.2 Å². The lowest BCUT2D eigenvalue weighted by molar-refractivity contribution is 0.269. The quantitative estimate of drug-likeness (QED) is 0.678. The molecule has 0 saturated heterocycles. The number of thioether (sulfide) groups is 1. The zero-order chi connectivity index (χ0) is 15.8. The summed E-state index contributed by atoms with van der Waals surface area (Å²) in [4.78, 5) is 22.5. The van der Waals surface area contributed by atoms with Gasteiger partial charge in [0.05, 0.1) is 17.9 Å². The maximum absolute atomic E-state index is 12.7. The van der Waals surface area contributed by atoms with Gasteiger partial charge in [0.25, 0.3) is 0 Å². The van der Waals surface area contributed by atoms with Crippen LogP contribution >= 0.6 is 11.8 Å². The third kappa shape index (κ3) is 2.30. The molecule has 0 amide bonds. The Kier molecular flexibility index (Phi) is 3.53. The minimum Gasteiger partial charge on any atom is -0.478 e. The maximum Gasteiger partial charge on any atom is 0.216 e. The molecular weight excluding hydrogens is 310 g/mol. The summed E-state index contributed by atoms with van der Waals surface area (Å²) in [6.45, 7) is 0.612. The van der Waals surface area contributed by atoms with E-state index in [0.717, 1.165) is 17.0 Å². The summed E-state index contributed by atoms with van der Waals surface area (Å²) in [5, 5.41) is 0. The Balaban J connectivity index is 2.12. The van der Waals surface area contributed by atoms with Crippen LogP contribution in [-0.2, 0) is 6.42 Å². The molecule has 116 valence electrons. The highest BCUT2D eigenvalue weighted by Crippen LogP contribution is 2.30. The first-order valence-corrected chi connectivity index (χ1v) is 8.68. The van der Waals surface area contributed by atoms with Gasteiger partial charge in [-0.2, -0.15) is 0 Å². The van der Waals surface area contributed by atoms with Crippen LogP contribution in [0.4, 0.5) is 0 Å². The van der Waals surface area contributed by atoms with E-state index < -0.39 is 0 Å². The lowest BCUT2D eigenvalue weighted by atomic mass is 10.1. The topological polar surface area (TPSA) is 57.0 Å². The number of fused-ring (bicyclic) bond motifs is 2. The molecule has 1 aliphatic heterocycles. The Bertz CT molecular complexity index is 952. The Morgan fingerprint density at radius 2 is 2.13 bits per heavy atom. The van der Waals surface area contributed by atoms with Gasteiger partial charge in [-0.3, -0.25) is 9.36 Å². The first-order chi connectivity index (χ1) is 11.3. The predicted octanol–water partition coefficient (Wildman–Crippen LogP) is 2.83. The fourth-order valence-electron chi connectivity index (χ4n) is 2.90. The van der Waals surface area contributed by atoms with Crippen LogP contribution in [-0.4, -0.2) is 27.4 Å². The van der Waals surface area contributed by atoms with Crippen molar-refractivity contribution in [2.45, 2.75) is 17.7 Å². The van der Waals surface area contributed by atoms with Crippen LogP contribution in [0.5, 0.6) is 5.88 Å². The summed E-state index contributed by atoms with van der Waals surface area (Å²) >= 11 is 1.67. The number of pyridine rings is 1. The SMILES string of the molecule is CSc1cccc(-n2c3c(c(=O)c4nccnc42)CCCO3)c1. The number of rotatable bonds is 2. The standard InChI is InChI=1S/C17H15N3O2S/c1-23-12-5-2-4-11(10-12)20-16-14(18-7-8-19-16)15(21)13-6-3-9-22-17(13)20/h2,4-5,7-8,10H,3,6,9H2,1H3. The van der Waals surface area contributed by atoms with E-state index in [1.54, 1.807) is 24.2 Å². The summed E-state index contributed by atoms with van der Waals surface area (Å²) in [7, 11) is 0. The smallest absolute Gasteiger partial charge is 0.216 e. The highest BCUT2D eigenvalue weighted by molar-refractivity contribution is 7.98. The van der Waals surface area contributed by atoms with E-state index in [0.29, 0.717) is 35.6 Å². The number of hydrogen-bond acceptors (Lipinski definition) is 5. The van der Waals surface area contributed by atoms with E-state index in [-0.39, 0.29) is 5.43 Å². The van der Waals surface area contributed by atoms with Crippen LogP contribution in [0, 0.1) is 0 Å². The van der Waals surface area contributed by atoms with Crippen LogP contribution in [0.25, 0.3) is 16.9 Å². The molecule has 0 fully saturated rings. The van der Waals surface area contributed by atoms with Crippen LogP contribution in [0.15, 0.2) is 46.3 Å². The van der Waals surface area contributed by atoms with Crippen molar-refractivity contribution in [1.82, 2.24) is 14.5 Å². The van der Waals surface area contributed by atoms with Crippen LogP contribution in [0.3, 0.4) is 0 Å². The molecule has 0 radical (unpaired) electrons. The second-order valence-corrected chi connectivity index (χ2v) is 6.21. The molecule has 0 N–H and O–H groups in total. The van der Waals surface area contributed by atoms with Crippen molar-refractivity contribution in [1.29, 1.82) is 0 Å². The minimum atomic E-state index is -0.0694. The zero-order valence-electron chi connectivity index (χ0n) is 12.7. The number of ether oxygens (including phenoxy) is 1. The van der Waals surface area contributed by atoms with Crippen molar-refractivity contribution in [3.63, 3.8) is 0 Å². The molecule has 0 atom stereocenters. The number of nitrogens with zero attached hydrogens (tertiary/aromatic N) is 3. The Hall–Kier alpha value is -2.34. The molecule has 0 saturated carbocycles. The molecule has 1 aromatic carbocycles. The van der Waals surface area contributed by atoms with Gasteiger partial charge in [-0.25, -0.2) is 9.97 Å². The van der Waals surface area contributed by atoms with Crippen LogP contribution in [0.1, 0.15) is 12.0 Å². The molecule has 6 heteroatoms. The third-order valence-electron chi connectivity index (χ3n) is 3.96. The van der Waals surface area contributed by atoms with Gasteiger partial charge in [0.2, 0.25) is 11.3 Å². The molecule has 0 aliphatic carbocycles. The first-order valence-electron chi connectivity index (χ1n) is 7.45. The zero-order valence-corrected chi connectivity index (χ0v) is 13.5. The van der Waals surface area contributed by atoms with Crippen molar-refractivity contribution < 1.29 is 4.74 Å². The average molecular weight is 325 g/mol. The van der Waals surface area contributed by atoms with Crippen molar-refractivity contribution in [2.24, 2.45) is 0 Å². The number of benzene rings is 1. The second kappa shape index (κ2) is 5.70. The van der Waals surface area contributed by atoms with Gasteiger partial charge in [-0.05, 0) is 37.3 Å². The van der Waals surface area contributed by atoms with Crippen molar-refractivity contribution in [2.75, 3.05) is 12.9 Å². The predicted molar refractivity (Wildman–Crippen MR) is 90.7 cm³/mol. The van der Waals surface area contributed by atoms with Gasteiger partial charge in [-0.1, -0.05) is 6.07 Å². The van der Waals surface area contributed by atoms with Gasteiger partial charge in [0, 0.05) is 17.3 Å². The van der Waals surface area contributed by atoms with E-state index in [9.17, 15) is 4.79 Å². The Morgan fingerprint density at radius 1 is 1.26 bits per heavy atom.